The van der Waals surface area contributed by atoms with Gasteiger partial charge < -0.3 is 9.64 Å². The lowest BCUT2D eigenvalue weighted by Gasteiger charge is -2.11. The molecule has 0 aliphatic carbocycles. The Morgan fingerprint density at radius 1 is 1.82 bits per heavy atom. The van der Waals surface area contributed by atoms with Gasteiger partial charge in [0.05, 0.1) is 7.11 Å². The fraction of sp³-hybridized carbons (Fsp3) is 0.600. The van der Waals surface area contributed by atoms with Crippen molar-refractivity contribution in [2.24, 2.45) is 0 Å². The van der Waals surface area contributed by atoms with E-state index in [1.165, 1.54) is 13.3 Å². The second-order valence-electron chi connectivity index (χ2n) is 2.19. The predicted octanol–water partition coefficient (Wildman–Crippen LogP) is -0.172. The van der Waals surface area contributed by atoms with Gasteiger partial charge in [0.1, 0.15) is 6.20 Å². The highest BCUT2D eigenvalue weighted by Crippen LogP contribution is 2.12. The minimum atomic E-state index is -0.484. The topological polar surface area (TPSA) is 58.9 Å². The number of nitrogens with zero attached hydrogens (tertiary/aromatic N) is 3. The van der Waals surface area contributed by atoms with Crippen LogP contribution in [0.4, 0.5) is 0 Å². The van der Waals surface area contributed by atoms with Gasteiger partial charge in [0, 0.05) is 7.05 Å². The van der Waals surface area contributed by atoms with E-state index in [0.29, 0.717) is 5.88 Å². The van der Waals surface area contributed by atoms with Crippen LogP contribution in [0.15, 0.2) is 12.1 Å². The Morgan fingerprint density at radius 3 is 2.73 bits per heavy atom. The molecule has 0 fully saturated rings. The molecule has 0 aromatic carbocycles. The Labute approximate surface area is 63.8 Å². The third kappa shape index (κ3) is 1.34. The molecule has 6 heteroatoms. The molecule has 0 radical (unpaired) electrons. The molecule has 11 heavy (non-hydrogen) atoms. The van der Waals surface area contributed by atoms with Crippen LogP contribution in [-0.4, -0.2) is 35.8 Å². The van der Waals surface area contributed by atoms with Crippen LogP contribution in [0, 0.1) is 10.1 Å². The molecule has 1 aliphatic heterocycles. The monoisotopic (exact) mass is 159 g/mol. The van der Waals surface area contributed by atoms with E-state index < -0.39 is 5.03 Å². The van der Waals surface area contributed by atoms with E-state index in [1.54, 1.807) is 11.9 Å². The van der Waals surface area contributed by atoms with Crippen molar-refractivity contribution in [3.63, 3.8) is 0 Å². The molecule has 0 atom stereocenters. The van der Waals surface area contributed by atoms with Gasteiger partial charge in [-0.3, -0.25) is 0 Å². The second kappa shape index (κ2) is 2.65. The van der Waals surface area contributed by atoms with Crippen LogP contribution in [0.3, 0.4) is 0 Å². The Hall–Kier alpha value is -1.46. The summed E-state index contributed by atoms with van der Waals surface area (Å²) in [6, 6.07) is 0. The smallest absolute Gasteiger partial charge is 0.213 e. The molecule has 0 unspecified atom stereocenters. The first-order valence-electron chi connectivity index (χ1n) is 3.03. The van der Waals surface area contributed by atoms with Crippen LogP contribution >= 0.6 is 0 Å². The molecule has 0 saturated heterocycles. The molecule has 0 aromatic rings. The van der Waals surface area contributed by atoms with Crippen molar-refractivity contribution in [3.05, 3.63) is 22.2 Å². The Balaban J connectivity index is 2.66. The standard InChI is InChI=1S/C5H9N3O3/c1-6-4-7(8(9)10)3-5(6)11-2/h3H,4H2,1-2H3. The van der Waals surface area contributed by atoms with Crippen LogP contribution in [0.2, 0.25) is 0 Å². The number of ether oxygens (including phenoxy) is 1. The van der Waals surface area contributed by atoms with Gasteiger partial charge >= 0.3 is 0 Å². The first kappa shape index (κ1) is 7.64. The SMILES string of the molecule is COC1=CN([N+](=O)[O-])CN1C. The van der Waals surface area contributed by atoms with E-state index in [2.05, 4.69) is 0 Å². The van der Waals surface area contributed by atoms with Crippen LogP contribution < -0.4 is 0 Å². The van der Waals surface area contributed by atoms with Gasteiger partial charge in [0.2, 0.25) is 5.88 Å². The minimum absolute atomic E-state index is 0.232. The van der Waals surface area contributed by atoms with Crippen molar-refractivity contribution in [1.82, 2.24) is 9.91 Å². The lowest BCUT2D eigenvalue weighted by Crippen LogP contribution is -2.28. The fourth-order valence-electron chi connectivity index (χ4n) is 0.861. The van der Waals surface area contributed by atoms with Gasteiger partial charge in [-0.1, -0.05) is 5.01 Å². The van der Waals surface area contributed by atoms with Crippen molar-refractivity contribution < 1.29 is 9.77 Å². The molecular weight excluding hydrogens is 150 g/mol. The average molecular weight is 159 g/mol. The van der Waals surface area contributed by atoms with Gasteiger partial charge in [0.25, 0.3) is 0 Å². The lowest BCUT2D eigenvalue weighted by atomic mass is 10.8. The first-order chi connectivity index (χ1) is 5.15. The summed E-state index contributed by atoms with van der Waals surface area (Å²) in [4.78, 5) is 11.9. The Bertz CT molecular complexity index is 203. The van der Waals surface area contributed by atoms with Crippen molar-refractivity contribution >= 4 is 0 Å². The zero-order valence-corrected chi connectivity index (χ0v) is 6.35. The van der Waals surface area contributed by atoms with Gasteiger partial charge in [-0.2, -0.15) is 0 Å². The number of nitro groups is 1. The first-order valence-corrected chi connectivity index (χ1v) is 3.03. The number of hydrogen-bond acceptors (Lipinski definition) is 4. The van der Waals surface area contributed by atoms with Crippen molar-refractivity contribution in [3.8, 4) is 0 Å². The molecule has 1 aliphatic rings. The summed E-state index contributed by atoms with van der Waals surface area (Å²) >= 11 is 0. The van der Waals surface area contributed by atoms with Gasteiger partial charge in [-0.15, -0.1) is 0 Å². The van der Waals surface area contributed by atoms with E-state index in [9.17, 15) is 10.1 Å². The molecule has 0 saturated carbocycles. The summed E-state index contributed by atoms with van der Waals surface area (Å²) in [5, 5.41) is 10.7. The van der Waals surface area contributed by atoms with Gasteiger partial charge in [-0.05, 0) is 0 Å². The number of rotatable bonds is 2. The largest absolute Gasteiger partial charge is 0.481 e. The minimum Gasteiger partial charge on any atom is -0.481 e. The molecule has 0 amide bonds. The van der Waals surface area contributed by atoms with Crippen LogP contribution in [0.5, 0.6) is 0 Å². The van der Waals surface area contributed by atoms with Crippen LogP contribution in [-0.2, 0) is 4.74 Å². The maximum absolute atomic E-state index is 10.2. The summed E-state index contributed by atoms with van der Waals surface area (Å²) in [7, 11) is 3.20. The Kier molecular flexibility index (Phi) is 1.84. The fourth-order valence-corrected chi connectivity index (χ4v) is 0.861. The van der Waals surface area contributed by atoms with E-state index in [-0.39, 0.29) is 6.67 Å². The van der Waals surface area contributed by atoms with Crippen LogP contribution in [0.25, 0.3) is 0 Å². The van der Waals surface area contributed by atoms with Crippen molar-refractivity contribution in [2.45, 2.75) is 0 Å². The quantitative estimate of drug-likeness (QED) is 0.413. The normalized spacial score (nSPS) is 16.7. The highest BCUT2D eigenvalue weighted by atomic mass is 16.7. The molecule has 0 spiro atoms. The molecular formula is C5H9N3O3. The molecule has 1 rings (SSSR count). The van der Waals surface area contributed by atoms with E-state index >= 15 is 0 Å². The van der Waals surface area contributed by atoms with Gasteiger partial charge in [0.15, 0.2) is 11.7 Å². The van der Waals surface area contributed by atoms with E-state index in [1.807, 2.05) is 0 Å². The van der Waals surface area contributed by atoms with Crippen molar-refractivity contribution in [2.75, 3.05) is 20.8 Å². The Morgan fingerprint density at radius 2 is 2.45 bits per heavy atom. The molecule has 0 N–H and O–H groups in total. The van der Waals surface area contributed by atoms with E-state index in [0.717, 1.165) is 5.01 Å². The summed E-state index contributed by atoms with van der Waals surface area (Å²) in [6.45, 7) is 0.232. The molecule has 1 heterocycles. The van der Waals surface area contributed by atoms with Crippen LogP contribution in [0.1, 0.15) is 0 Å². The third-order valence-electron chi connectivity index (χ3n) is 1.41. The lowest BCUT2D eigenvalue weighted by molar-refractivity contribution is -0.640. The molecule has 0 aromatic heterocycles. The average Bonchev–Trinajstić information content (AvgIpc) is 2.31. The van der Waals surface area contributed by atoms with E-state index in [4.69, 9.17) is 4.74 Å². The highest BCUT2D eigenvalue weighted by Gasteiger charge is 2.24. The number of hydrogen-bond donors (Lipinski definition) is 0. The summed E-state index contributed by atoms with van der Waals surface area (Å²) < 4.78 is 4.84. The summed E-state index contributed by atoms with van der Waals surface area (Å²) in [5.74, 6) is 0.502. The molecule has 0 bridgehead atoms. The summed E-state index contributed by atoms with van der Waals surface area (Å²) in [5.41, 5.74) is 0. The predicted molar refractivity (Wildman–Crippen MR) is 36.6 cm³/mol. The molecule has 6 nitrogen and oxygen atoms in total. The maximum Gasteiger partial charge on any atom is 0.213 e. The van der Waals surface area contributed by atoms with Crippen molar-refractivity contribution in [1.29, 1.82) is 0 Å². The molecule has 62 valence electrons. The summed E-state index contributed by atoms with van der Waals surface area (Å²) in [6.07, 6.45) is 1.35. The number of hydrazine groups is 1. The second-order valence-corrected chi connectivity index (χ2v) is 2.19. The zero-order valence-electron chi connectivity index (χ0n) is 6.35. The maximum atomic E-state index is 10.2. The third-order valence-corrected chi connectivity index (χ3v) is 1.41. The van der Waals surface area contributed by atoms with Gasteiger partial charge in [-0.25, -0.2) is 10.1 Å². The highest BCUT2D eigenvalue weighted by molar-refractivity contribution is 4.94. The number of methoxy groups -OCH3 is 1. The zero-order chi connectivity index (χ0) is 8.43.